The van der Waals surface area contributed by atoms with Crippen LogP contribution in [0.3, 0.4) is 0 Å². The van der Waals surface area contributed by atoms with Gasteiger partial charge in [-0.15, -0.1) is 0 Å². The monoisotopic (exact) mass is 165 g/mol. The van der Waals surface area contributed by atoms with E-state index in [-0.39, 0.29) is 16.5 Å². The zero-order valence-corrected chi connectivity index (χ0v) is 5.75. The maximum atomic E-state index is 7.75. The quantitative estimate of drug-likeness (QED) is 0.323. The standard InChI is InChI=1S/C6H6.CHO.Ni/c1-2-4-6-5-3-1;1-2;/h1-6H;1H;/q;-1;. The Morgan fingerprint density at radius 3 is 0.889 bits per heavy atom. The second-order valence-electron chi connectivity index (χ2n) is 1.15. The molecule has 1 nitrogen and oxygen atoms in total. The van der Waals surface area contributed by atoms with Crippen molar-refractivity contribution in [2.45, 2.75) is 0 Å². The number of hydrogen-bond acceptors (Lipinski definition) is 1. The Bertz CT molecular complexity index is 91.8. The summed E-state index contributed by atoms with van der Waals surface area (Å²) in [6, 6.07) is 12.0. The van der Waals surface area contributed by atoms with Crippen molar-refractivity contribution < 1.29 is 21.3 Å². The SMILES string of the molecule is [CH-]=O.[Ni].c1ccccc1. The fraction of sp³-hybridized carbons (Fsp3) is 0. The Labute approximate surface area is 65.0 Å². The third kappa shape index (κ3) is 7.38. The van der Waals surface area contributed by atoms with Crippen LogP contribution >= 0.6 is 0 Å². The molecule has 1 rings (SSSR count). The van der Waals surface area contributed by atoms with Crippen LogP contribution in [-0.2, 0) is 21.3 Å². The summed E-state index contributed by atoms with van der Waals surface area (Å²) >= 11 is 0. The normalized spacial score (nSPS) is 5.78. The summed E-state index contributed by atoms with van der Waals surface area (Å²) in [5.41, 5.74) is 0. The first-order valence-corrected chi connectivity index (χ1v) is 2.24. The molecular formula is C7H7NiO-. The van der Waals surface area contributed by atoms with E-state index in [4.69, 9.17) is 4.79 Å². The summed E-state index contributed by atoms with van der Waals surface area (Å²) < 4.78 is 0. The second kappa shape index (κ2) is 10.4. The van der Waals surface area contributed by atoms with Crippen molar-refractivity contribution in [3.63, 3.8) is 0 Å². The van der Waals surface area contributed by atoms with E-state index in [0.717, 1.165) is 0 Å². The van der Waals surface area contributed by atoms with Gasteiger partial charge in [0.25, 0.3) is 0 Å². The van der Waals surface area contributed by atoms with E-state index in [0.29, 0.717) is 0 Å². The molecule has 0 bridgehead atoms. The first-order valence-electron chi connectivity index (χ1n) is 2.24. The topological polar surface area (TPSA) is 17.1 Å². The van der Waals surface area contributed by atoms with Crippen LogP contribution in [0.1, 0.15) is 0 Å². The van der Waals surface area contributed by atoms with Crippen LogP contribution in [0.15, 0.2) is 36.4 Å². The predicted octanol–water partition coefficient (Wildman–Crippen LogP) is 1.41. The summed E-state index contributed by atoms with van der Waals surface area (Å²) in [4.78, 5) is 7.75. The van der Waals surface area contributed by atoms with Crippen molar-refractivity contribution in [2.24, 2.45) is 0 Å². The Morgan fingerprint density at radius 1 is 0.667 bits per heavy atom. The average molecular weight is 166 g/mol. The predicted molar refractivity (Wildman–Crippen MR) is 33.2 cm³/mol. The fourth-order valence-corrected chi connectivity index (χ4v) is 0.385. The summed E-state index contributed by atoms with van der Waals surface area (Å²) in [7, 11) is 0. The number of rotatable bonds is 0. The third-order valence-electron chi connectivity index (χ3n) is 0.667. The second-order valence-corrected chi connectivity index (χ2v) is 1.15. The molecule has 0 spiro atoms. The van der Waals surface area contributed by atoms with Crippen LogP contribution in [-0.4, -0.2) is 6.79 Å². The van der Waals surface area contributed by atoms with Gasteiger partial charge in [-0.05, 0) is 0 Å². The van der Waals surface area contributed by atoms with Gasteiger partial charge >= 0.3 is 0 Å². The zero-order chi connectivity index (χ0) is 6.24. The molecule has 0 fully saturated rings. The first-order chi connectivity index (χ1) is 4.00. The molecular weight excluding hydrogens is 159 g/mol. The molecule has 0 radical (unpaired) electrons. The molecule has 1 aromatic carbocycles. The summed E-state index contributed by atoms with van der Waals surface area (Å²) in [5, 5.41) is 0. The van der Waals surface area contributed by atoms with E-state index in [1.165, 1.54) is 0 Å². The molecule has 0 atom stereocenters. The molecule has 0 aliphatic carbocycles. The van der Waals surface area contributed by atoms with Gasteiger partial charge in [-0.1, -0.05) is 36.4 Å². The zero-order valence-electron chi connectivity index (χ0n) is 4.77. The van der Waals surface area contributed by atoms with Crippen LogP contribution in [0, 0.1) is 0 Å². The van der Waals surface area contributed by atoms with Gasteiger partial charge in [-0.3, -0.25) is 6.79 Å². The van der Waals surface area contributed by atoms with Crippen molar-refractivity contribution in [2.75, 3.05) is 0 Å². The van der Waals surface area contributed by atoms with Gasteiger partial charge in [0.2, 0.25) is 0 Å². The Balaban J connectivity index is 0. The van der Waals surface area contributed by atoms with E-state index >= 15 is 0 Å². The molecule has 0 saturated heterocycles. The minimum Gasteiger partial charge on any atom is -0.545 e. The Kier molecular flexibility index (Phi) is 12.9. The summed E-state index contributed by atoms with van der Waals surface area (Å²) in [5.74, 6) is 0. The van der Waals surface area contributed by atoms with Gasteiger partial charge in [0.1, 0.15) is 0 Å². The van der Waals surface area contributed by atoms with E-state index in [9.17, 15) is 0 Å². The van der Waals surface area contributed by atoms with Crippen molar-refractivity contribution in [3.8, 4) is 0 Å². The molecule has 0 heterocycles. The van der Waals surface area contributed by atoms with Crippen LogP contribution in [0.5, 0.6) is 0 Å². The minimum absolute atomic E-state index is 0. The van der Waals surface area contributed by atoms with Gasteiger partial charge < -0.3 is 4.79 Å². The smallest absolute Gasteiger partial charge is 0 e. The van der Waals surface area contributed by atoms with Crippen molar-refractivity contribution in [3.05, 3.63) is 36.4 Å². The Morgan fingerprint density at radius 2 is 0.778 bits per heavy atom. The molecule has 0 amide bonds. The largest absolute Gasteiger partial charge is 0.545 e. The molecule has 52 valence electrons. The van der Waals surface area contributed by atoms with Gasteiger partial charge in [-0.2, -0.15) is 0 Å². The average Bonchev–Trinajstić information content (AvgIpc) is 1.96. The van der Waals surface area contributed by atoms with Gasteiger partial charge in [0.15, 0.2) is 0 Å². The number of hydrogen-bond donors (Lipinski definition) is 0. The van der Waals surface area contributed by atoms with Crippen LogP contribution in [0.2, 0.25) is 0 Å². The van der Waals surface area contributed by atoms with Gasteiger partial charge in [0, 0.05) is 16.5 Å². The van der Waals surface area contributed by atoms with E-state index in [1.807, 2.05) is 36.4 Å². The van der Waals surface area contributed by atoms with Gasteiger partial charge in [-0.25, -0.2) is 0 Å². The summed E-state index contributed by atoms with van der Waals surface area (Å²) in [6.45, 7) is 3.25. The molecule has 1 aromatic rings. The fourth-order valence-electron chi connectivity index (χ4n) is 0.385. The number of carbonyl (C=O) groups excluding carboxylic acids is 1. The summed E-state index contributed by atoms with van der Waals surface area (Å²) in [6.07, 6.45) is 0. The molecule has 2 heteroatoms. The third-order valence-corrected chi connectivity index (χ3v) is 0.667. The molecule has 0 N–H and O–H groups in total. The Hall–Kier alpha value is -0.616. The molecule has 0 unspecified atom stereocenters. The first kappa shape index (κ1) is 11.2. The van der Waals surface area contributed by atoms with Crippen molar-refractivity contribution in [1.29, 1.82) is 0 Å². The maximum Gasteiger partial charge on any atom is 0 e. The molecule has 9 heavy (non-hydrogen) atoms. The molecule has 0 aliphatic heterocycles. The molecule has 0 aliphatic rings. The molecule has 0 saturated carbocycles. The molecule has 0 aromatic heterocycles. The van der Waals surface area contributed by atoms with E-state index < -0.39 is 0 Å². The van der Waals surface area contributed by atoms with Crippen LogP contribution in [0.4, 0.5) is 0 Å². The minimum atomic E-state index is 0. The number of benzene rings is 1. The van der Waals surface area contributed by atoms with E-state index in [2.05, 4.69) is 6.79 Å². The van der Waals surface area contributed by atoms with Gasteiger partial charge in [0.05, 0.1) is 0 Å². The maximum absolute atomic E-state index is 7.75. The van der Waals surface area contributed by atoms with Crippen LogP contribution in [0.25, 0.3) is 0 Å². The van der Waals surface area contributed by atoms with Crippen molar-refractivity contribution >= 4 is 6.79 Å². The van der Waals surface area contributed by atoms with E-state index in [1.54, 1.807) is 0 Å². The van der Waals surface area contributed by atoms with Crippen molar-refractivity contribution in [1.82, 2.24) is 0 Å². The van der Waals surface area contributed by atoms with Crippen LogP contribution < -0.4 is 0 Å².